The lowest BCUT2D eigenvalue weighted by atomic mass is 10.2. The lowest BCUT2D eigenvalue weighted by Crippen LogP contribution is -2.21. The van der Waals surface area contributed by atoms with E-state index in [0.717, 1.165) is 5.56 Å². The van der Waals surface area contributed by atoms with Gasteiger partial charge in [-0.2, -0.15) is 0 Å². The third-order valence-corrected chi connectivity index (χ3v) is 2.05. The highest BCUT2D eigenvalue weighted by atomic mass is 19.1. The lowest BCUT2D eigenvalue weighted by Gasteiger charge is -2.10. The number of halogens is 2. The summed E-state index contributed by atoms with van der Waals surface area (Å²) in [7, 11) is 0. The molecule has 0 atom stereocenters. The summed E-state index contributed by atoms with van der Waals surface area (Å²) in [6.45, 7) is 3.93. The summed E-state index contributed by atoms with van der Waals surface area (Å²) in [4.78, 5) is 0. The van der Waals surface area contributed by atoms with Gasteiger partial charge in [0, 0.05) is 12.6 Å². The second-order valence-corrected chi connectivity index (χ2v) is 3.84. The highest BCUT2D eigenvalue weighted by Gasteiger charge is 2.04. The number of rotatable bonds is 6. The predicted molar refractivity (Wildman–Crippen MR) is 59.8 cm³/mol. The Labute approximate surface area is 94.6 Å². The van der Waals surface area contributed by atoms with Crippen LogP contribution in [0.5, 0.6) is 5.75 Å². The molecule has 16 heavy (non-hydrogen) atoms. The van der Waals surface area contributed by atoms with E-state index in [2.05, 4.69) is 5.32 Å². The van der Waals surface area contributed by atoms with E-state index in [9.17, 15) is 8.78 Å². The zero-order chi connectivity index (χ0) is 12.0. The largest absolute Gasteiger partial charge is 0.488 e. The second kappa shape index (κ2) is 6.43. The average Bonchev–Trinajstić information content (AvgIpc) is 2.25. The molecular weight excluding hydrogens is 212 g/mol. The van der Waals surface area contributed by atoms with Crippen molar-refractivity contribution in [2.75, 3.05) is 13.3 Å². The Balaban J connectivity index is 2.59. The van der Waals surface area contributed by atoms with Gasteiger partial charge in [-0.25, -0.2) is 8.78 Å². The Morgan fingerprint density at radius 3 is 2.69 bits per heavy atom. The van der Waals surface area contributed by atoms with Crippen LogP contribution in [0.25, 0.3) is 0 Å². The number of ether oxygens (including phenoxy) is 1. The van der Waals surface area contributed by atoms with Crippen molar-refractivity contribution in [3.63, 3.8) is 0 Å². The molecule has 0 bridgehead atoms. The molecule has 0 aliphatic rings. The Hall–Kier alpha value is -1.16. The lowest BCUT2D eigenvalue weighted by molar-refractivity contribution is 0.262. The minimum atomic E-state index is -0.615. The molecule has 0 spiro atoms. The third-order valence-electron chi connectivity index (χ3n) is 2.05. The van der Waals surface area contributed by atoms with Crippen molar-refractivity contribution in [2.45, 2.75) is 26.4 Å². The van der Waals surface area contributed by atoms with Crippen LogP contribution in [-0.4, -0.2) is 19.3 Å². The number of alkyl halides is 1. The van der Waals surface area contributed by atoms with Gasteiger partial charge in [0.1, 0.15) is 13.3 Å². The quantitative estimate of drug-likeness (QED) is 0.809. The van der Waals surface area contributed by atoms with Crippen LogP contribution in [0.4, 0.5) is 8.78 Å². The van der Waals surface area contributed by atoms with Gasteiger partial charge in [-0.15, -0.1) is 0 Å². The molecule has 0 saturated carbocycles. The molecule has 0 unspecified atom stereocenters. The molecule has 2 nitrogen and oxygen atoms in total. The molecule has 1 aromatic rings. The molecule has 0 amide bonds. The zero-order valence-corrected chi connectivity index (χ0v) is 9.59. The summed E-state index contributed by atoms with van der Waals surface area (Å²) in [6, 6.07) is 5.06. The predicted octanol–water partition coefficient (Wildman–Crippen LogP) is 2.67. The normalized spacial score (nSPS) is 10.8. The van der Waals surface area contributed by atoms with Crippen molar-refractivity contribution in [1.29, 1.82) is 0 Å². The highest BCUT2D eigenvalue weighted by Crippen LogP contribution is 2.18. The van der Waals surface area contributed by atoms with Crippen LogP contribution in [0.2, 0.25) is 0 Å². The van der Waals surface area contributed by atoms with Crippen molar-refractivity contribution >= 4 is 0 Å². The molecule has 4 heteroatoms. The third kappa shape index (κ3) is 4.14. The molecule has 0 fully saturated rings. The number of nitrogens with one attached hydrogen (secondary N) is 1. The van der Waals surface area contributed by atoms with Crippen LogP contribution in [0.3, 0.4) is 0 Å². The molecular formula is C12H17F2NO. The van der Waals surface area contributed by atoms with Crippen LogP contribution >= 0.6 is 0 Å². The standard InChI is InChI=1S/C12H17F2NO/c1-9(2)15-8-10-3-4-12(11(14)7-10)16-6-5-13/h3-4,7,9,15H,5-6,8H2,1-2H3. The van der Waals surface area contributed by atoms with Gasteiger partial charge in [0.05, 0.1) is 0 Å². The summed E-state index contributed by atoms with van der Waals surface area (Å²) in [5.41, 5.74) is 0.846. The SMILES string of the molecule is CC(C)NCc1ccc(OCCF)c(F)c1. The van der Waals surface area contributed by atoms with Gasteiger partial charge < -0.3 is 10.1 Å². The van der Waals surface area contributed by atoms with E-state index in [1.54, 1.807) is 6.07 Å². The first-order valence-electron chi connectivity index (χ1n) is 5.34. The van der Waals surface area contributed by atoms with Crippen molar-refractivity contribution in [3.8, 4) is 5.75 Å². The minimum Gasteiger partial charge on any atom is -0.488 e. The topological polar surface area (TPSA) is 21.3 Å². The van der Waals surface area contributed by atoms with E-state index in [0.29, 0.717) is 12.6 Å². The molecule has 90 valence electrons. The highest BCUT2D eigenvalue weighted by molar-refractivity contribution is 5.29. The van der Waals surface area contributed by atoms with Gasteiger partial charge >= 0.3 is 0 Å². The number of benzene rings is 1. The zero-order valence-electron chi connectivity index (χ0n) is 9.59. The van der Waals surface area contributed by atoms with Crippen molar-refractivity contribution in [2.24, 2.45) is 0 Å². The summed E-state index contributed by atoms with van der Waals surface area (Å²) < 4.78 is 30.2. The van der Waals surface area contributed by atoms with Crippen LogP contribution in [-0.2, 0) is 6.54 Å². The van der Waals surface area contributed by atoms with Crippen LogP contribution in [0.15, 0.2) is 18.2 Å². The van der Waals surface area contributed by atoms with E-state index >= 15 is 0 Å². The van der Waals surface area contributed by atoms with Gasteiger partial charge in [-0.3, -0.25) is 0 Å². The maximum atomic E-state index is 13.4. The molecule has 1 aromatic carbocycles. The molecule has 0 radical (unpaired) electrons. The number of hydrogen-bond acceptors (Lipinski definition) is 2. The maximum absolute atomic E-state index is 13.4. The van der Waals surface area contributed by atoms with Gasteiger partial charge in [-0.05, 0) is 17.7 Å². The van der Waals surface area contributed by atoms with Gasteiger partial charge in [0.2, 0.25) is 0 Å². The first-order valence-corrected chi connectivity index (χ1v) is 5.34. The molecule has 0 heterocycles. The van der Waals surface area contributed by atoms with Gasteiger partial charge in [-0.1, -0.05) is 19.9 Å². The first kappa shape index (κ1) is 12.9. The summed E-state index contributed by atoms with van der Waals surface area (Å²) in [6.07, 6.45) is 0. The Morgan fingerprint density at radius 2 is 2.12 bits per heavy atom. The monoisotopic (exact) mass is 229 g/mol. The summed E-state index contributed by atoms with van der Waals surface area (Å²) >= 11 is 0. The maximum Gasteiger partial charge on any atom is 0.165 e. The van der Waals surface area contributed by atoms with Crippen LogP contribution in [0, 0.1) is 5.82 Å². The fraction of sp³-hybridized carbons (Fsp3) is 0.500. The molecule has 0 aromatic heterocycles. The Morgan fingerprint density at radius 1 is 1.38 bits per heavy atom. The van der Waals surface area contributed by atoms with Crippen molar-refractivity contribution in [1.82, 2.24) is 5.32 Å². The minimum absolute atomic E-state index is 0.103. The fourth-order valence-corrected chi connectivity index (χ4v) is 1.24. The smallest absolute Gasteiger partial charge is 0.165 e. The van der Waals surface area contributed by atoms with Gasteiger partial charge in [0.25, 0.3) is 0 Å². The Kier molecular flexibility index (Phi) is 5.19. The molecule has 0 saturated heterocycles. The first-order chi connectivity index (χ1) is 7.63. The van der Waals surface area contributed by atoms with Crippen LogP contribution < -0.4 is 10.1 Å². The molecule has 1 N–H and O–H groups in total. The Bertz CT molecular complexity index is 329. The summed E-state index contributed by atoms with van der Waals surface area (Å²) in [5, 5.41) is 3.18. The average molecular weight is 229 g/mol. The van der Waals surface area contributed by atoms with E-state index in [1.165, 1.54) is 12.1 Å². The van der Waals surface area contributed by atoms with E-state index in [1.807, 2.05) is 13.8 Å². The summed E-state index contributed by atoms with van der Waals surface area (Å²) in [5.74, 6) is -0.345. The number of hydrogen-bond donors (Lipinski definition) is 1. The van der Waals surface area contributed by atoms with Crippen molar-refractivity contribution in [3.05, 3.63) is 29.6 Å². The molecule has 0 aliphatic heterocycles. The van der Waals surface area contributed by atoms with Crippen LogP contribution in [0.1, 0.15) is 19.4 Å². The van der Waals surface area contributed by atoms with E-state index in [-0.39, 0.29) is 12.4 Å². The van der Waals surface area contributed by atoms with E-state index < -0.39 is 12.5 Å². The van der Waals surface area contributed by atoms with Gasteiger partial charge in [0.15, 0.2) is 11.6 Å². The van der Waals surface area contributed by atoms with E-state index in [4.69, 9.17) is 4.74 Å². The second-order valence-electron chi connectivity index (χ2n) is 3.84. The molecule has 1 rings (SSSR count). The molecule has 0 aliphatic carbocycles. The fourth-order valence-electron chi connectivity index (χ4n) is 1.24. The van der Waals surface area contributed by atoms with Crippen molar-refractivity contribution < 1.29 is 13.5 Å².